The molecular formula is C49H78O5. The van der Waals surface area contributed by atoms with Gasteiger partial charge in [0.1, 0.15) is 6.61 Å². The highest BCUT2D eigenvalue weighted by molar-refractivity contribution is 5.70. The van der Waals surface area contributed by atoms with Gasteiger partial charge in [0, 0.05) is 19.4 Å². The zero-order chi connectivity index (χ0) is 39.3. The van der Waals surface area contributed by atoms with Gasteiger partial charge in [0.05, 0.1) is 6.61 Å². The number of rotatable bonds is 37. The van der Waals surface area contributed by atoms with E-state index < -0.39 is 6.10 Å². The molecule has 0 rings (SSSR count). The fourth-order valence-corrected chi connectivity index (χ4v) is 5.16. The van der Waals surface area contributed by atoms with E-state index in [0.717, 1.165) is 64.2 Å². The molecule has 5 heteroatoms. The monoisotopic (exact) mass is 747 g/mol. The van der Waals surface area contributed by atoms with Gasteiger partial charge in [-0.15, -0.1) is 0 Å². The fourth-order valence-electron chi connectivity index (χ4n) is 5.16. The second-order valence-electron chi connectivity index (χ2n) is 13.5. The van der Waals surface area contributed by atoms with Gasteiger partial charge in [-0.05, 0) is 89.9 Å². The van der Waals surface area contributed by atoms with Crippen molar-refractivity contribution >= 4 is 11.9 Å². The molecule has 0 heterocycles. The first kappa shape index (κ1) is 50.6. The van der Waals surface area contributed by atoms with Crippen LogP contribution in [-0.4, -0.2) is 37.9 Å². The van der Waals surface area contributed by atoms with E-state index in [9.17, 15) is 9.59 Å². The molecule has 0 aromatic carbocycles. The van der Waals surface area contributed by atoms with E-state index in [1.54, 1.807) is 0 Å². The molecule has 0 aromatic heterocycles. The first-order chi connectivity index (χ1) is 26.6. The summed E-state index contributed by atoms with van der Waals surface area (Å²) in [6.07, 6.45) is 59.7. The quantitative estimate of drug-likeness (QED) is 0.0360. The molecule has 0 aromatic rings. The number of allylic oxidation sites excluding steroid dienone is 18. The van der Waals surface area contributed by atoms with Crippen molar-refractivity contribution < 1.29 is 23.8 Å². The third kappa shape index (κ3) is 41.3. The average Bonchev–Trinajstić information content (AvgIpc) is 3.17. The predicted molar refractivity (Wildman–Crippen MR) is 233 cm³/mol. The van der Waals surface area contributed by atoms with Crippen LogP contribution in [0.25, 0.3) is 0 Å². The van der Waals surface area contributed by atoms with Crippen LogP contribution in [0, 0.1) is 0 Å². The molecule has 0 spiro atoms. The Morgan fingerprint density at radius 1 is 0.426 bits per heavy atom. The minimum atomic E-state index is -0.610. The van der Waals surface area contributed by atoms with E-state index in [-0.39, 0.29) is 38.0 Å². The van der Waals surface area contributed by atoms with Gasteiger partial charge < -0.3 is 14.2 Å². The summed E-state index contributed by atoms with van der Waals surface area (Å²) in [5.74, 6) is -0.600. The summed E-state index contributed by atoms with van der Waals surface area (Å²) in [4.78, 5) is 25.1. The van der Waals surface area contributed by atoms with Crippen LogP contribution in [0.5, 0.6) is 0 Å². The molecule has 0 N–H and O–H groups in total. The first-order valence-corrected chi connectivity index (χ1v) is 21.4. The molecule has 0 aliphatic heterocycles. The number of carbonyl (C=O) groups excluding carboxylic acids is 2. The maximum atomic E-state index is 12.7. The van der Waals surface area contributed by atoms with Crippen LogP contribution in [0.1, 0.15) is 162 Å². The van der Waals surface area contributed by atoms with Gasteiger partial charge in [-0.1, -0.05) is 169 Å². The maximum absolute atomic E-state index is 12.7. The standard InChI is InChI=1S/C49H78O5/c1-4-7-10-13-16-19-22-25-27-30-33-36-39-42-48(50)53-46-47(45-52-44-41-38-35-32-29-24-21-18-15-12-9-6-3)54-49(51)43-40-37-34-31-28-26-23-20-17-14-11-8-5-2/h7-8,10-11,15-20,25-28,33-34,36-37,47H,4-6,9,12-14,21-24,29-32,35,38-46H2,1-3H3/b10-7-,11-8-,18-15-,19-16-,20-17-,27-25-,28-26-,36-33-,37-34-. The third-order valence-electron chi connectivity index (χ3n) is 8.30. The third-order valence-corrected chi connectivity index (χ3v) is 8.30. The molecule has 0 radical (unpaired) electrons. The minimum absolute atomic E-state index is 0.00956. The fraction of sp³-hybridized carbons (Fsp3) is 0.592. The van der Waals surface area contributed by atoms with Crippen LogP contribution >= 0.6 is 0 Å². The lowest BCUT2D eigenvalue weighted by Crippen LogP contribution is -2.30. The number of hydrogen-bond donors (Lipinski definition) is 0. The Morgan fingerprint density at radius 2 is 0.833 bits per heavy atom. The van der Waals surface area contributed by atoms with E-state index in [2.05, 4.69) is 118 Å². The second-order valence-corrected chi connectivity index (χ2v) is 13.5. The van der Waals surface area contributed by atoms with Crippen molar-refractivity contribution in [2.75, 3.05) is 19.8 Å². The van der Waals surface area contributed by atoms with Gasteiger partial charge in [-0.2, -0.15) is 0 Å². The normalized spacial score (nSPS) is 13.3. The van der Waals surface area contributed by atoms with Crippen molar-refractivity contribution in [1.29, 1.82) is 0 Å². The molecule has 1 atom stereocenters. The maximum Gasteiger partial charge on any atom is 0.306 e. The Hall–Kier alpha value is -3.44. The molecule has 0 saturated carbocycles. The van der Waals surface area contributed by atoms with E-state index in [1.165, 1.54) is 51.4 Å². The topological polar surface area (TPSA) is 61.8 Å². The summed E-state index contributed by atoms with van der Waals surface area (Å²) in [6.45, 7) is 7.36. The number of ether oxygens (including phenoxy) is 3. The Morgan fingerprint density at radius 3 is 1.33 bits per heavy atom. The van der Waals surface area contributed by atoms with E-state index in [4.69, 9.17) is 14.2 Å². The Balaban J connectivity index is 4.50. The zero-order valence-corrected chi connectivity index (χ0v) is 34.7. The van der Waals surface area contributed by atoms with Gasteiger partial charge >= 0.3 is 11.9 Å². The van der Waals surface area contributed by atoms with Crippen molar-refractivity contribution in [2.24, 2.45) is 0 Å². The summed E-state index contributed by atoms with van der Waals surface area (Å²) in [7, 11) is 0. The van der Waals surface area contributed by atoms with Crippen molar-refractivity contribution in [3.8, 4) is 0 Å². The molecule has 0 bridgehead atoms. The van der Waals surface area contributed by atoms with Crippen molar-refractivity contribution in [2.45, 2.75) is 168 Å². The minimum Gasteiger partial charge on any atom is -0.462 e. The largest absolute Gasteiger partial charge is 0.462 e. The number of unbranched alkanes of at least 4 members (excludes halogenated alkanes) is 8. The molecule has 5 nitrogen and oxygen atoms in total. The van der Waals surface area contributed by atoms with Gasteiger partial charge in [0.15, 0.2) is 6.10 Å². The average molecular weight is 747 g/mol. The van der Waals surface area contributed by atoms with Crippen molar-refractivity contribution in [3.05, 3.63) is 109 Å². The summed E-state index contributed by atoms with van der Waals surface area (Å²) in [5.41, 5.74) is 0. The zero-order valence-electron chi connectivity index (χ0n) is 34.7. The molecule has 0 aliphatic rings. The van der Waals surface area contributed by atoms with Crippen molar-refractivity contribution in [1.82, 2.24) is 0 Å². The number of carbonyl (C=O) groups is 2. The Labute approximate surface area is 332 Å². The van der Waals surface area contributed by atoms with Crippen LogP contribution in [-0.2, 0) is 23.8 Å². The summed E-state index contributed by atoms with van der Waals surface area (Å²) < 4.78 is 17.1. The lowest BCUT2D eigenvalue weighted by molar-refractivity contribution is -0.162. The van der Waals surface area contributed by atoms with Crippen LogP contribution in [0.2, 0.25) is 0 Å². The van der Waals surface area contributed by atoms with E-state index in [1.807, 2.05) is 12.2 Å². The van der Waals surface area contributed by atoms with Crippen LogP contribution < -0.4 is 0 Å². The highest BCUT2D eigenvalue weighted by atomic mass is 16.6. The summed E-state index contributed by atoms with van der Waals surface area (Å²) in [6, 6.07) is 0. The number of esters is 2. The summed E-state index contributed by atoms with van der Waals surface area (Å²) >= 11 is 0. The second kappa shape index (κ2) is 44.0. The van der Waals surface area contributed by atoms with Gasteiger partial charge in [-0.25, -0.2) is 0 Å². The smallest absolute Gasteiger partial charge is 0.306 e. The SMILES string of the molecule is CC/C=C\C/C=C\C/C=C\C/C=C\CCC(=O)OCC(COCCCCCCCC/C=C\CCCC)OC(=O)CC/C=C\C/C=C\C/C=C\C/C=C\CC. The molecular weight excluding hydrogens is 669 g/mol. The highest BCUT2D eigenvalue weighted by Gasteiger charge is 2.17. The van der Waals surface area contributed by atoms with Crippen molar-refractivity contribution in [3.63, 3.8) is 0 Å². The van der Waals surface area contributed by atoms with Gasteiger partial charge in [0.2, 0.25) is 0 Å². The summed E-state index contributed by atoms with van der Waals surface area (Å²) in [5, 5.41) is 0. The highest BCUT2D eigenvalue weighted by Crippen LogP contribution is 2.10. The van der Waals surface area contributed by atoms with Gasteiger partial charge in [-0.3, -0.25) is 9.59 Å². The van der Waals surface area contributed by atoms with Crippen LogP contribution in [0.3, 0.4) is 0 Å². The van der Waals surface area contributed by atoms with Crippen LogP contribution in [0.4, 0.5) is 0 Å². The van der Waals surface area contributed by atoms with E-state index >= 15 is 0 Å². The van der Waals surface area contributed by atoms with Crippen LogP contribution in [0.15, 0.2) is 109 Å². The molecule has 54 heavy (non-hydrogen) atoms. The van der Waals surface area contributed by atoms with E-state index in [0.29, 0.717) is 19.4 Å². The molecule has 0 fully saturated rings. The molecule has 304 valence electrons. The Kier molecular flexibility index (Phi) is 41.2. The molecule has 0 saturated heterocycles. The number of hydrogen-bond acceptors (Lipinski definition) is 5. The molecule has 0 amide bonds. The Bertz CT molecular complexity index is 1120. The molecule has 0 aliphatic carbocycles. The first-order valence-electron chi connectivity index (χ1n) is 21.4. The molecule has 1 unspecified atom stereocenters. The predicted octanol–water partition coefficient (Wildman–Crippen LogP) is 14.1. The van der Waals surface area contributed by atoms with Gasteiger partial charge in [0.25, 0.3) is 0 Å². The lowest BCUT2D eigenvalue weighted by Gasteiger charge is -2.18. The lowest BCUT2D eigenvalue weighted by atomic mass is 10.1.